The first kappa shape index (κ1) is 12.2. The highest BCUT2D eigenvalue weighted by Crippen LogP contribution is 2.21. The lowest BCUT2D eigenvalue weighted by molar-refractivity contribution is 0.257. The van der Waals surface area contributed by atoms with E-state index in [0.717, 1.165) is 21.8 Å². The molecule has 0 amide bonds. The molecule has 0 aliphatic rings. The summed E-state index contributed by atoms with van der Waals surface area (Å²) in [6, 6.07) is 5.79. The second kappa shape index (κ2) is 5.03. The fraction of sp³-hybridized carbons (Fsp3) is 0.214. The molecular formula is C14H14N2O2S. The summed E-state index contributed by atoms with van der Waals surface area (Å²) in [6.07, 6.45) is 3.93. The maximum absolute atomic E-state index is 9.32. The minimum atomic E-state index is -0.0186. The maximum atomic E-state index is 9.32. The van der Waals surface area contributed by atoms with Crippen LogP contribution in [0.5, 0.6) is 5.75 Å². The Balaban J connectivity index is 1.77. The Morgan fingerprint density at radius 2 is 2.32 bits per heavy atom. The minimum Gasteiger partial charge on any atom is -0.487 e. The molecule has 0 saturated carbocycles. The van der Waals surface area contributed by atoms with Crippen LogP contribution in [0.15, 0.2) is 36.0 Å². The first-order chi connectivity index (χ1) is 9.26. The molecule has 0 unspecified atom stereocenters. The zero-order valence-corrected chi connectivity index (χ0v) is 11.4. The fourth-order valence-corrected chi connectivity index (χ4v) is 2.69. The first-order valence-corrected chi connectivity index (χ1v) is 6.88. The van der Waals surface area contributed by atoms with Gasteiger partial charge in [0.05, 0.1) is 12.3 Å². The van der Waals surface area contributed by atoms with E-state index in [-0.39, 0.29) is 6.61 Å². The standard InChI is InChI=1S/C14H14N2O2S/c1-10-2-3-13(11(6-10)8-17)18-9-12-7-16-4-5-19-14(16)15-12/h2-7,17H,8-9H2,1H3. The van der Waals surface area contributed by atoms with Gasteiger partial charge in [-0.05, 0) is 13.0 Å². The maximum Gasteiger partial charge on any atom is 0.193 e. The average Bonchev–Trinajstić information content (AvgIpc) is 2.97. The van der Waals surface area contributed by atoms with Gasteiger partial charge >= 0.3 is 0 Å². The van der Waals surface area contributed by atoms with Crippen LogP contribution in [-0.4, -0.2) is 14.5 Å². The smallest absolute Gasteiger partial charge is 0.193 e. The first-order valence-electron chi connectivity index (χ1n) is 6.00. The van der Waals surface area contributed by atoms with Crippen molar-refractivity contribution in [2.24, 2.45) is 0 Å². The summed E-state index contributed by atoms with van der Waals surface area (Å²) in [5, 5.41) is 11.3. The van der Waals surface area contributed by atoms with Gasteiger partial charge in [-0.25, -0.2) is 4.98 Å². The van der Waals surface area contributed by atoms with Crippen LogP contribution in [-0.2, 0) is 13.2 Å². The van der Waals surface area contributed by atoms with E-state index >= 15 is 0 Å². The Morgan fingerprint density at radius 1 is 1.42 bits per heavy atom. The van der Waals surface area contributed by atoms with Gasteiger partial charge in [0.2, 0.25) is 0 Å². The molecule has 3 rings (SSSR count). The van der Waals surface area contributed by atoms with E-state index in [0.29, 0.717) is 12.4 Å². The van der Waals surface area contributed by atoms with Crippen molar-refractivity contribution >= 4 is 16.3 Å². The lowest BCUT2D eigenvalue weighted by Crippen LogP contribution is -1.99. The lowest BCUT2D eigenvalue weighted by Gasteiger charge is -2.09. The number of thiazole rings is 1. The predicted octanol–water partition coefficient (Wildman–Crippen LogP) is 2.78. The van der Waals surface area contributed by atoms with Crippen molar-refractivity contribution in [2.45, 2.75) is 20.1 Å². The number of rotatable bonds is 4. The molecule has 19 heavy (non-hydrogen) atoms. The lowest BCUT2D eigenvalue weighted by atomic mass is 10.1. The van der Waals surface area contributed by atoms with Crippen LogP contribution in [0.4, 0.5) is 0 Å². The van der Waals surface area contributed by atoms with Gasteiger partial charge in [0.15, 0.2) is 4.96 Å². The Kier molecular flexibility index (Phi) is 3.23. The number of aromatic nitrogens is 2. The molecule has 0 fully saturated rings. The number of fused-ring (bicyclic) bond motifs is 1. The van der Waals surface area contributed by atoms with E-state index in [1.807, 2.05) is 47.3 Å². The second-order valence-electron chi connectivity index (χ2n) is 4.38. The molecular weight excluding hydrogens is 260 g/mol. The fourth-order valence-electron chi connectivity index (χ4n) is 1.97. The minimum absolute atomic E-state index is 0.0186. The predicted molar refractivity (Wildman–Crippen MR) is 74.5 cm³/mol. The molecule has 0 radical (unpaired) electrons. The van der Waals surface area contributed by atoms with E-state index in [2.05, 4.69) is 4.98 Å². The number of benzene rings is 1. The van der Waals surface area contributed by atoms with Gasteiger partial charge in [0.1, 0.15) is 12.4 Å². The Hall–Kier alpha value is -1.85. The number of hydrogen-bond donors (Lipinski definition) is 1. The second-order valence-corrected chi connectivity index (χ2v) is 5.26. The average molecular weight is 274 g/mol. The Labute approximate surface area is 114 Å². The van der Waals surface area contributed by atoms with Crippen molar-refractivity contribution in [1.82, 2.24) is 9.38 Å². The van der Waals surface area contributed by atoms with E-state index in [9.17, 15) is 5.11 Å². The number of nitrogens with zero attached hydrogens (tertiary/aromatic N) is 2. The van der Waals surface area contributed by atoms with Crippen LogP contribution in [0.2, 0.25) is 0 Å². The van der Waals surface area contributed by atoms with E-state index < -0.39 is 0 Å². The summed E-state index contributed by atoms with van der Waals surface area (Å²) in [7, 11) is 0. The van der Waals surface area contributed by atoms with Gasteiger partial charge in [-0.1, -0.05) is 17.7 Å². The molecule has 0 aliphatic carbocycles. The topological polar surface area (TPSA) is 46.8 Å². The highest BCUT2D eigenvalue weighted by atomic mass is 32.1. The Morgan fingerprint density at radius 3 is 3.11 bits per heavy atom. The van der Waals surface area contributed by atoms with Gasteiger partial charge < -0.3 is 9.84 Å². The molecule has 1 aromatic carbocycles. The summed E-state index contributed by atoms with van der Waals surface area (Å²) in [5.41, 5.74) is 2.80. The SMILES string of the molecule is Cc1ccc(OCc2cn3ccsc3n2)c(CO)c1. The van der Waals surface area contributed by atoms with Crippen LogP contribution < -0.4 is 4.74 Å². The quantitative estimate of drug-likeness (QED) is 0.795. The van der Waals surface area contributed by atoms with Crippen LogP contribution >= 0.6 is 11.3 Å². The molecule has 98 valence electrons. The van der Waals surface area contributed by atoms with Crippen molar-refractivity contribution in [1.29, 1.82) is 0 Å². The highest BCUT2D eigenvalue weighted by molar-refractivity contribution is 7.15. The number of imidazole rings is 1. The largest absolute Gasteiger partial charge is 0.487 e. The number of aryl methyl sites for hydroxylation is 1. The number of hydrogen-bond acceptors (Lipinski definition) is 4. The van der Waals surface area contributed by atoms with Gasteiger partial charge in [0, 0.05) is 23.3 Å². The molecule has 2 aromatic heterocycles. The molecule has 0 atom stereocenters. The van der Waals surface area contributed by atoms with Crippen molar-refractivity contribution in [3.63, 3.8) is 0 Å². The van der Waals surface area contributed by atoms with Crippen molar-refractivity contribution in [3.8, 4) is 5.75 Å². The molecule has 0 spiro atoms. The zero-order valence-electron chi connectivity index (χ0n) is 10.5. The summed E-state index contributed by atoms with van der Waals surface area (Å²) in [4.78, 5) is 5.42. The summed E-state index contributed by atoms with van der Waals surface area (Å²) in [5.74, 6) is 0.712. The van der Waals surface area contributed by atoms with Crippen LogP contribution in [0.3, 0.4) is 0 Å². The van der Waals surface area contributed by atoms with Gasteiger partial charge in [0.25, 0.3) is 0 Å². The summed E-state index contributed by atoms with van der Waals surface area (Å²) < 4.78 is 7.71. The van der Waals surface area contributed by atoms with Crippen molar-refractivity contribution in [2.75, 3.05) is 0 Å². The molecule has 0 saturated heterocycles. The van der Waals surface area contributed by atoms with Crippen LogP contribution in [0.25, 0.3) is 4.96 Å². The van der Waals surface area contributed by atoms with Gasteiger partial charge in [-0.3, -0.25) is 4.40 Å². The third-order valence-corrected chi connectivity index (χ3v) is 3.68. The number of ether oxygens (including phenoxy) is 1. The van der Waals surface area contributed by atoms with Gasteiger partial charge in [-0.15, -0.1) is 11.3 Å². The van der Waals surface area contributed by atoms with E-state index in [1.54, 1.807) is 11.3 Å². The van der Waals surface area contributed by atoms with Crippen molar-refractivity contribution in [3.05, 3.63) is 52.8 Å². The molecule has 4 nitrogen and oxygen atoms in total. The number of aliphatic hydroxyl groups excluding tert-OH is 1. The molecule has 0 aliphatic heterocycles. The van der Waals surface area contributed by atoms with E-state index in [1.165, 1.54) is 0 Å². The summed E-state index contributed by atoms with van der Waals surface area (Å²) >= 11 is 1.60. The molecule has 0 bridgehead atoms. The third-order valence-electron chi connectivity index (χ3n) is 2.91. The highest BCUT2D eigenvalue weighted by Gasteiger charge is 2.06. The molecule has 5 heteroatoms. The molecule has 3 aromatic rings. The Bertz CT molecular complexity index is 674. The monoisotopic (exact) mass is 274 g/mol. The third kappa shape index (κ3) is 2.47. The van der Waals surface area contributed by atoms with Gasteiger partial charge in [-0.2, -0.15) is 0 Å². The van der Waals surface area contributed by atoms with E-state index in [4.69, 9.17) is 4.74 Å². The zero-order chi connectivity index (χ0) is 13.2. The normalized spacial score (nSPS) is 11.1. The number of aliphatic hydroxyl groups is 1. The molecule has 2 heterocycles. The molecule has 1 N–H and O–H groups in total. The van der Waals surface area contributed by atoms with Crippen LogP contribution in [0, 0.1) is 6.92 Å². The summed E-state index contributed by atoms with van der Waals surface area (Å²) in [6.45, 7) is 2.38. The van der Waals surface area contributed by atoms with Crippen molar-refractivity contribution < 1.29 is 9.84 Å². The van der Waals surface area contributed by atoms with Crippen LogP contribution in [0.1, 0.15) is 16.8 Å².